The Morgan fingerprint density at radius 3 is 2.50 bits per heavy atom. The zero-order valence-electron chi connectivity index (χ0n) is 12.8. The lowest BCUT2D eigenvalue weighted by molar-refractivity contribution is 0.886. The number of fused-ring (bicyclic) bond motifs is 3. The third-order valence-corrected chi connectivity index (χ3v) is 4.72. The van der Waals surface area contributed by atoms with Crippen LogP contribution in [0, 0.1) is 11.3 Å². The van der Waals surface area contributed by atoms with Crippen molar-refractivity contribution in [3.05, 3.63) is 80.7 Å². The van der Waals surface area contributed by atoms with Crippen LogP contribution in [0.1, 0.15) is 16.8 Å². The van der Waals surface area contributed by atoms with Crippen LogP contribution >= 0.6 is 11.6 Å². The topological polar surface area (TPSA) is 56.6 Å². The minimum Gasteiger partial charge on any atom is -0.324 e. The second-order valence-electron chi connectivity index (χ2n) is 5.83. The minimum absolute atomic E-state index is 0.146. The Bertz CT molecular complexity index is 1040. The first-order valence-electron chi connectivity index (χ1n) is 7.72. The van der Waals surface area contributed by atoms with Crippen molar-refractivity contribution < 1.29 is 0 Å². The summed E-state index contributed by atoms with van der Waals surface area (Å²) in [5, 5.41) is 10.2. The SMILES string of the molecule is N#Cc1c(-c2ccc(Cl)cc2)c2c([nH]c1=O)CCc1ccccc1-2. The number of halogens is 1. The number of pyridine rings is 1. The monoisotopic (exact) mass is 332 g/mol. The summed E-state index contributed by atoms with van der Waals surface area (Å²) in [5.74, 6) is 0. The zero-order valence-corrected chi connectivity index (χ0v) is 13.5. The van der Waals surface area contributed by atoms with E-state index in [1.807, 2.05) is 30.3 Å². The highest BCUT2D eigenvalue weighted by Crippen LogP contribution is 2.40. The lowest BCUT2D eigenvalue weighted by Crippen LogP contribution is -2.19. The Morgan fingerprint density at radius 2 is 1.75 bits per heavy atom. The van der Waals surface area contributed by atoms with Crippen molar-refractivity contribution in [2.24, 2.45) is 0 Å². The molecule has 24 heavy (non-hydrogen) atoms. The summed E-state index contributed by atoms with van der Waals surface area (Å²) in [6, 6.07) is 17.5. The number of aromatic nitrogens is 1. The molecule has 0 fully saturated rings. The molecule has 1 aliphatic carbocycles. The number of nitrogens with zero attached hydrogens (tertiary/aromatic N) is 1. The molecule has 1 N–H and O–H groups in total. The number of benzene rings is 2. The van der Waals surface area contributed by atoms with Gasteiger partial charge in [-0.3, -0.25) is 4.79 Å². The summed E-state index contributed by atoms with van der Waals surface area (Å²) < 4.78 is 0. The quantitative estimate of drug-likeness (QED) is 0.721. The van der Waals surface area contributed by atoms with Crippen molar-refractivity contribution in [1.29, 1.82) is 5.26 Å². The van der Waals surface area contributed by atoms with Crippen molar-refractivity contribution in [2.45, 2.75) is 12.8 Å². The van der Waals surface area contributed by atoms with Crippen LogP contribution in [0.4, 0.5) is 0 Å². The summed E-state index contributed by atoms with van der Waals surface area (Å²) in [6.45, 7) is 0. The zero-order chi connectivity index (χ0) is 16.7. The van der Waals surface area contributed by atoms with Gasteiger partial charge in [-0.05, 0) is 41.7 Å². The van der Waals surface area contributed by atoms with Gasteiger partial charge in [-0.1, -0.05) is 48.0 Å². The highest BCUT2D eigenvalue weighted by atomic mass is 35.5. The van der Waals surface area contributed by atoms with Crippen molar-refractivity contribution in [2.75, 3.05) is 0 Å². The molecule has 2 aromatic carbocycles. The second kappa shape index (κ2) is 5.67. The highest BCUT2D eigenvalue weighted by molar-refractivity contribution is 6.30. The predicted octanol–water partition coefficient (Wildman–Crippen LogP) is 4.33. The lowest BCUT2D eigenvalue weighted by atomic mass is 9.82. The first kappa shape index (κ1) is 14.7. The molecule has 0 unspecified atom stereocenters. The first-order valence-corrected chi connectivity index (χ1v) is 8.10. The molecule has 1 aliphatic rings. The Morgan fingerprint density at radius 1 is 1.00 bits per heavy atom. The molecular formula is C20H13ClN2O. The van der Waals surface area contributed by atoms with Crippen molar-refractivity contribution in [1.82, 2.24) is 4.98 Å². The fourth-order valence-electron chi connectivity index (χ4n) is 3.39. The molecule has 4 heteroatoms. The van der Waals surface area contributed by atoms with E-state index in [1.54, 1.807) is 12.1 Å². The Kier molecular flexibility index (Phi) is 3.48. The van der Waals surface area contributed by atoms with Gasteiger partial charge in [-0.2, -0.15) is 5.26 Å². The van der Waals surface area contributed by atoms with E-state index in [-0.39, 0.29) is 11.1 Å². The molecule has 3 nitrogen and oxygen atoms in total. The Hall–Kier alpha value is -2.83. The maximum atomic E-state index is 12.4. The molecule has 116 valence electrons. The Labute approximate surface area is 144 Å². The third kappa shape index (κ3) is 2.24. The smallest absolute Gasteiger partial charge is 0.266 e. The number of nitriles is 1. The number of hydrogen-bond donors (Lipinski definition) is 1. The van der Waals surface area contributed by atoms with E-state index in [9.17, 15) is 10.1 Å². The molecule has 0 radical (unpaired) electrons. The summed E-state index contributed by atoms with van der Waals surface area (Å²) in [4.78, 5) is 15.3. The summed E-state index contributed by atoms with van der Waals surface area (Å²) in [7, 11) is 0. The number of nitrogens with one attached hydrogen (secondary N) is 1. The van der Waals surface area contributed by atoms with Crippen molar-refractivity contribution >= 4 is 11.6 Å². The standard InChI is InChI=1S/C20H13ClN2O/c21-14-8-5-13(6-9-14)18-16(11-22)20(24)23-17-10-7-12-3-1-2-4-15(12)19(17)18/h1-6,8-9H,7,10H2,(H,23,24). The molecule has 0 atom stereocenters. The molecule has 0 saturated heterocycles. The van der Waals surface area contributed by atoms with Crippen LogP contribution < -0.4 is 5.56 Å². The van der Waals surface area contributed by atoms with Crippen LogP contribution in [-0.2, 0) is 12.8 Å². The van der Waals surface area contributed by atoms with Crippen LogP contribution in [-0.4, -0.2) is 4.98 Å². The van der Waals surface area contributed by atoms with Gasteiger partial charge in [0.2, 0.25) is 0 Å². The van der Waals surface area contributed by atoms with Crippen LogP contribution in [0.15, 0.2) is 53.3 Å². The molecular weight excluding hydrogens is 320 g/mol. The molecule has 0 aliphatic heterocycles. The van der Waals surface area contributed by atoms with Gasteiger partial charge in [0.05, 0.1) is 0 Å². The number of aromatic amines is 1. The average molecular weight is 333 g/mol. The predicted molar refractivity (Wildman–Crippen MR) is 95.1 cm³/mol. The van der Waals surface area contributed by atoms with Crippen molar-refractivity contribution in [3.8, 4) is 28.3 Å². The fourth-order valence-corrected chi connectivity index (χ4v) is 3.52. The van der Waals surface area contributed by atoms with Gasteiger partial charge in [0.25, 0.3) is 5.56 Å². The maximum absolute atomic E-state index is 12.4. The highest BCUT2D eigenvalue weighted by Gasteiger charge is 2.24. The first-order chi connectivity index (χ1) is 11.7. The van der Waals surface area contributed by atoms with E-state index in [4.69, 9.17) is 11.6 Å². The number of aryl methyl sites for hydroxylation is 2. The van der Waals surface area contributed by atoms with Gasteiger partial charge in [0.15, 0.2) is 0 Å². The van der Waals surface area contributed by atoms with E-state index in [1.165, 1.54) is 5.56 Å². The van der Waals surface area contributed by atoms with E-state index in [0.29, 0.717) is 10.6 Å². The van der Waals surface area contributed by atoms with E-state index in [0.717, 1.165) is 35.2 Å². The van der Waals surface area contributed by atoms with E-state index in [2.05, 4.69) is 17.1 Å². The lowest BCUT2D eigenvalue weighted by Gasteiger charge is -2.23. The van der Waals surface area contributed by atoms with Crippen LogP contribution in [0.3, 0.4) is 0 Å². The Balaban J connectivity index is 2.13. The van der Waals surface area contributed by atoms with Gasteiger partial charge >= 0.3 is 0 Å². The largest absolute Gasteiger partial charge is 0.324 e. The summed E-state index contributed by atoms with van der Waals surface area (Å²) in [6.07, 6.45) is 1.64. The van der Waals surface area contributed by atoms with Gasteiger partial charge in [0, 0.05) is 21.8 Å². The van der Waals surface area contributed by atoms with Crippen LogP contribution in [0.25, 0.3) is 22.3 Å². The van der Waals surface area contributed by atoms with E-state index < -0.39 is 0 Å². The molecule has 0 saturated carbocycles. The molecule has 0 bridgehead atoms. The van der Waals surface area contributed by atoms with Crippen molar-refractivity contribution in [3.63, 3.8) is 0 Å². The molecule has 0 spiro atoms. The molecule has 4 rings (SSSR count). The van der Waals surface area contributed by atoms with Gasteiger partial charge in [-0.15, -0.1) is 0 Å². The normalized spacial score (nSPS) is 12.2. The molecule has 0 amide bonds. The maximum Gasteiger partial charge on any atom is 0.266 e. The minimum atomic E-state index is -0.333. The number of hydrogen-bond acceptors (Lipinski definition) is 2. The number of rotatable bonds is 1. The van der Waals surface area contributed by atoms with Crippen LogP contribution in [0.2, 0.25) is 5.02 Å². The summed E-state index contributed by atoms with van der Waals surface area (Å²) >= 11 is 6.00. The van der Waals surface area contributed by atoms with Gasteiger partial charge < -0.3 is 4.98 Å². The fraction of sp³-hybridized carbons (Fsp3) is 0.100. The second-order valence-corrected chi connectivity index (χ2v) is 6.27. The van der Waals surface area contributed by atoms with Gasteiger partial charge in [-0.25, -0.2) is 0 Å². The number of H-pyrrole nitrogens is 1. The average Bonchev–Trinajstić information content (AvgIpc) is 2.61. The molecule has 1 aromatic heterocycles. The third-order valence-electron chi connectivity index (χ3n) is 4.47. The van der Waals surface area contributed by atoms with Crippen LogP contribution in [0.5, 0.6) is 0 Å². The molecule has 1 heterocycles. The molecule has 3 aromatic rings. The summed E-state index contributed by atoms with van der Waals surface area (Å²) in [5.41, 5.74) is 5.49. The van der Waals surface area contributed by atoms with E-state index >= 15 is 0 Å². The van der Waals surface area contributed by atoms with Gasteiger partial charge in [0.1, 0.15) is 11.6 Å².